The second-order valence-corrected chi connectivity index (χ2v) is 6.22. The maximum Gasteiger partial charge on any atom is 0.139 e. The fraction of sp³-hybridized carbons (Fsp3) is 0.500. The van der Waals surface area contributed by atoms with Crippen LogP contribution in [0.15, 0.2) is 16.5 Å². The van der Waals surface area contributed by atoms with Crippen LogP contribution in [0.5, 0.6) is 0 Å². The summed E-state index contributed by atoms with van der Waals surface area (Å²) >= 11 is 6.39. The van der Waals surface area contributed by atoms with Crippen LogP contribution in [0, 0.1) is 6.92 Å². The van der Waals surface area contributed by atoms with Gasteiger partial charge in [-0.1, -0.05) is 31.5 Å². The molecule has 1 fully saturated rings. The highest BCUT2D eigenvalue weighted by atomic mass is 35.5. The Morgan fingerprint density at radius 3 is 2.74 bits per heavy atom. The van der Waals surface area contributed by atoms with E-state index in [0.717, 1.165) is 33.9 Å². The third-order valence-corrected chi connectivity index (χ3v) is 4.12. The molecule has 0 spiro atoms. The van der Waals surface area contributed by atoms with Crippen LogP contribution in [0.1, 0.15) is 49.5 Å². The molecule has 2 aromatic rings. The number of hydrogen-bond acceptors (Lipinski definition) is 2. The molecular weight excluding hydrogens is 258 g/mol. The number of benzene rings is 1. The van der Waals surface area contributed by atoms with E-state index >= 15 is 0 Å². The van der Waals surface area contributed by atoms with Crippen LogP contribution < -0.4 is 5.32 Å². The van der Waals surface area contributed by atoms with Gasteiger partial charge in [0.25, 0.3) is 0 Å². The van der Waals surface area contributed by atoms with Crippen molar-refractivity contribution in [2.24, 2.45) is 0 Å². The maximum absolute atomic E-state index is 6.39. The van der Waals surface area contributed by atoms with Gasteiger partial charge in [-0.25, -0.2) is 0 Å². The first-order valence-electron chi connectivity index (χ1n) is 7.01. The lowest BCUT2D eigenvalue weighted by molar-refractivity contribution is 0.502. The monoisotopic (exact) mass is 277 g/mol. The molecule has 1 aliphatic rings. The van der Waals surface area contributed by atoms with E-state index in [1.54, 1.807) is 0 Å². The van der Waals surface area contributed by atoms with E-state index in [1.165, 1.54) is 18.4 Å². The molecule has 0 bridgehead atoms. The minimum absolute atomic E-state index is 0.413. The summed E-state index contributed by atoms with van der Waals surface area (Å²) in [7, 11) is 0. The van der Waals surface area contributed by atoms with Crippen LogP contribution in [-0.2, 0) is 6.54 Å². The molecule has 0 aliphatic heterocycles. The summed E-state index contributed by atoms with van der Waals surface area (Å²) in [5.74, 6) is 1.46. The Morgan fingerprint density at radius 2 is 2.11 bits per heavy atom. The van der Waals surface area contributed by atoms with Gasteiger partial charge in [0.05, 0.1) is 11.6 Å². The number of fused-ring (bicyclic) bond motifs is 1. The number of nitrogens with one attached hydrogen (secondary N) is 1. The first-order valence-corrected chi connectivity index (χ1v) is 7.39. The molecular formula is C16H20ClNO. The molecule has 2 nitrogen and oxygen atoms in total. The van der Waals surface area contributed by atoms with E-state index in [1.807, 2.05) is 12.1 Å². The molecule has 1 aliphatic carbocycles. The average molecular weight is 278 g/mol. The molecule has 1 aromatic heterocycles. The van der Waals surface area contributed by atoms with Gasteiger partial charge in [-0.05, 0) is 37.3 Å². The average Bonchev–Trinajstić information content (AvgIpc) is 3.10. The molecule has 0 radical (unpaired) electrons. The molecule has 102 valence electrons. The maximum atomic E-state index is 6.39. The summed E-state index contributed by atoms with van der Waals surface area (Å²) in [6, 6.07) is 4.68. The van der Waals surface area contributed by atoms with Gasteiger partial charge in [-0.15, -0.1) is 0 Å². The Balaban J connectivity index is 2.11. The Hall–Kier alpha value is -0.990. The first-order chi connectivity index (χ1) is 9.08. The number of aryl methyl sites for hydroxylation is 1. The smallest absolute Gasteiger partial charge is 0.139 e. The molecule has 19 heavy (non-hydrogen) atoms. The normalized spacial score (nSPS) is 15.6. The lowest BCUT2D eigenvalue weighted by Crippen LogP contribution is -2.15. The lowest BCUT2D eigenvalue weighted by atomic mass is 9.98. The van der Waals surface area contributed by atoms with Crippen LogP contribution in [0.25, 0.3) is 11.0 Å². The second-order valence-electron chi connectivity index (χ2n) is 5.82. The number of furan rings is 1. The fourth-order valence-electron chi connectivity index (χ4n) is 2.63. The van der Waals surface area contributed by atoms with Crippen molar-refractivity contribution in [3.05, 3.63) is 34.0 Å². The molecule has 0 amide bonds. The Labute approximate surface area is 119 Å². The van der Waals surface area contributed by atoms with Gasteiger partial charge >= 0.3 is 0 Å². The quantitative estimate of drug-likeness (QED) is 0.871. The van der Waals surface area contributed by atoms with Gasteiger partial charge in [0.2, 0.25) is 0 Å². The van der Waals surface area contributed by atoms with E-state index in [9.17, 15) is 0 Å². The van der Waals surface area contributed by atoms with Crippen LogP contribution >= 0.6 is 11.6 Å². The third kappa shape index (κ3) is 2.39. The first kappa shape index (κ1) is 13.0. The molecule has 1 N–H and O–H groups in total. The predicted octanol–water partition coefficient (Wildman–Crippen LogP) is 4.77. The van der Waals surface area contributed by atoms with E-state index in [-0.39, 0.29) is 0 Å². The Kier molecular flexibility index (Phi) is 3.32. The van der Waals surface area contributed by atoms with E-state index in [2.05, 4.69) is 26.1 Å². The van der Waals surface area contributed by atoms with Crippen LogP contribution in [-0.4, -0.2) is 6.04 Å². The molecule has 0 atom stereocenters. The van der Waals surface area contributed by atoms with Crippen LogP contribution in [0.2, 0.25) is 5.02 Å². The van der Waals surface area contributed by atoms with Gasteiger partial charge in [0.1, 0.15) is 11.3 Å². The fourth-order valence-corrected chi connectivity index (χ4v) is 2.88. The summed E-state index contributed by atoms with van der Waals surface area (Å²) in [5.41, 5.74) is 3.36. The van der Waals surface area contributed by atoms with Gasteiger partial charge in [0, 0.05) is 17.0 Å². The molecule has 1 saturated carbocycles. The van der Waals surface area contributed by atoms with Crippen molar-refractivity contribution in [2.75, 3.05) is 0 Å². The number of rotatable bonds is 4. The SMILES string of the molecule is Cc1ccc(Cl)c2c(C(C)C)c(CNC3CC3)oc12. The van der Waals surface area contributed by atoms with E-state index in [0.29, 0.717) is 12.0 Å². The molecule has 3 rings (SSSR count). The van der Waals surface area contributed by atoms with Gasteiger partial charge in [-0.2, -0.15) is 0 Å². The van der Waals surface area contributed by atoms with Crippen molar-refractivity contribution >= 4 is 22.6 Å². The van der Waals surface area contributed by atoms with E-state index < -0.39 is 0 Å². The highest BCUT2D eigenvalue weighted by molar-refractivity contribution is 6.35. The lowest BCUT2D eigenvalue weighted by Gasteiger charge is -2.08. The second kappa shape index (κ2) is 4.84. The topological polar surface area (TPSA) is 25.2 Å². The van der Waals surface area contributed by atoms with Gasteiger partial charge in [0.15, 0.2) is 0 Å². The molecule has 0 unspecified atom stereocenters. The summed E-state index contributed by atoms with van der Waals surface area (Å²) in [4.78, 5) is 0. The predicted molar refractivity (Wildman–Crippen MR) is 79.9 cm³/mol. The summed E-state index contributed by atoms with van der Waals surface area (Å²) in [6.45, 7) is 7.28. The summed E-state index contributed by atoms with van der Waals surface area (Å²) < 4.78 is 6.10. The molecule has 0 saturated heterocycles. The van der Waals surface area contributed by atoms with Crippen LogP contribution in [0.4, 0.5) is 0 Å². The van der Waals surface area contributed by atoms with Crippen LogP contribution in [0.3, 0.4) is 0 Å². The minimum atomic E-state index is 0.413. The highest BCUT2D eigenvalue weighted by Crippen LogP contribution is 2.38. The van der Waals surface area contributed by atoms with E-state index in [4.69, 9.17) is 16.0 Å². The standard InChI is InChI=1S/C16H20ClNO/c1-9(2)14-13(8-18-11-5-6-11)19-16-10(3)4-7-12(17)15(14)16/h4,7,9,11,18H,5-6,8H2,1-3H3. The van der Waals surface area contributed by atoms with Crippen molar-refractivity contribution in [1.82, 2.24) is 5.32 Å². The number of halogens is 1. The third-order valence-electron chi connectivity index (χ3n) is 3.80. The minimum Gasteiger partial charge on any atom is -0.459 e. The van der Waals surface area contributed by atoms with Crippen molar-refractivity contribution < 1.29 is 4.42 Å². The van der Waals surface area contributed by atoms with Gasteiger partial charge < -0.3 is 9.73 Å². The highest BCUT2D eigenvalue weighted by Gasteiger charge is 2.24. The zero-order chi connectivity index (χ0) is 13.6. The number of hydrogen-bond donors (Lipinski definition) is 1. The summed E-state index contributed by atoms with van der Waals surface area (Å²) in [5, 5.41) is 5.43. The summed E-state index contributed by atoms with van der Waals surface area (Å²) in [6.07, 6.45) is 2.58. The zero-order valence-electron chi connectivity index (χ0n) is 11.7. The molecule has 1 heterocycles. The van der Waals surface area contributed by atoms with Crippen molar-refractivity contribution in [2.45, 2.75) is 52.1 Å². The largest absolute Gasteiger partial charge is 0.459 e. The van der Waals surface area contributed by atoms with Crippen molar-refractivity contribution in [3.8, 4) is 0 Å². The zero-order valence-corrected chi connectivity index (χ0v) is 12.5. The van der Waals surface area contributed by atoms with Crippen molar-refractivity contribution in [3.63, 3.8) is 0 Å². The molecule has 3 heteroatoms. The van der Waals surface area contributed by atoms with Gasteiger partial charge in [-0.3, -0.25) is 0 Å². The Bertz CT molecular complexity index is 611. The molecule has 1 aromatic carbocycles. The Morgan fingerprint density at radius 1 is 1.37 bits per heavy atom. The van der Waals surface area contributed by atoms with Crippen molar-refractivity contribution in [1.29, 1.82) is 0 Å².